The molecule has 0 unspecified atom stereocenters. The van der Waals surface area contributed by atoms with E-state index in [0.717, 1.165) is 6.42 Å². The van der Waals surface area contributed by atoms with Gasteiger partial charge >= 0.3 is 5.97 Å². The van der Waals surface area contributed by atoms with E-state index in [9.17, 15) is 9.59 Å². The Morgan fingerprint density at radius 2 is 1.94 bits per heavy atom. The van der Waals surface area contributed by atoms with Crippen LogP contribution in [0.2, 0.25) is 0 Å². The molecule has 0 atom stereocenters. The van der Waals surface area contributed by atoms with Crippen LogP contribution < -0.4 is 0 Å². The van der Waals surface area contributed by atoms with Crippen LogP contribution in [0.3, 0.4) is 0 Å². The largest absolute Gasteiger partial charge is 0.454 e. The quantitative estimate of drug-likeness (QED) is 0.433. The van der Waals surface area contributed by atoms with Gasteiger partial charge < -0.3 is 4.74 Å². The summed E-state index contributed by atoms with van der Waals surface area (Å²) in [6.07, 6.45) is 3.79. The number of ether oxygens (including phenoxy) is 1. The zero-order valence-electron chi connectivity index (χ0n) is 9.18. The van der Waals surface area contributed by atoms with Gasteiger partial charge in [0.15, 0.2) is 12.4 Å². The van der Waals surface area contributed by atoms with Gasteiger partial charge in [-0.05, 0) is 6.42 Å². The van der Waals surface area contributed by atoms with Gasteiger partial charge in [-0.25, -0.2) is 4.79 Å². The Labute approximate surface area is 94.7 Å². The second kappa shape index (κ2) is 6.56. The molecular formula is C13H14O3. The second-order valence-electron chi connectivity index (χ2n) is 3.21. The summed E-state index contributed by atoms with van der Waals surface area (Å²) in [5, 5.41) is 0. The Bertz CT molecular complexity index is 379. The minimum absolute atomic E-state index is 0.196. The van der Waals surface area contributed by atoms with Gasteiger partial charge in [0.05, 0.1) is 0 Å². The van der Waals surface area contributed by atoms with Gasteiger partial charge in [0.2, 0.25) is 0 Å². The van der Waals surface area contributed by atoms with E-state index >= 15 is 0 Å². The van der Waals surface area contributed by atoms with E-state index in [-0.39, 0.29) is 12.4 Å². The summed E-state index contributed by atoms with van der Waals surface area (Å²) in [5.41, 5.74) is 0.551. The van der Waals surface area contributed by atoms with Crippen LogP contribution in [-0.4, -0.2) is 18.4 Å². The molecule has 0 bridgehead atoms. The van der Waals surface area contributed by atoms with E-state index in [1.807, 2.05) is 13.0 Å². The van der Waals surface area contributed by atoms with Crippen LogP contribution in [0.5, 0.6) is 0 Å². The molecule has 0 N–H and O–H groups in total. The molecule has 0 heterocycles. The minimum Gasteiger partial charge on any atom is -0.454 e. The second-order valence-corrected chi connectivity index (χ2v) is 3.21. The number of hydrogen-bond acceptors (Lipinski definition) is 3. The lowest BCUT2D eigenvalue weighted by Crippen LogP contribution is -2.12. The van der Waals surface area contributed by atoms with Gasteiger partial charge in [0.1, 0.15) is 0 Å². The molecule has 0 saturated carbocycles. The first-order chi connectivity index (χ1) is 7.74. The number of Topliss-reactive ketones (excluding diaryl/α,β-unsaturated/α-hetero) is 1. The van der Waals surface area contributed by atoms with Gasteiger partial charge in [-0.15, -0.1) is 0 Å². The van der Waals surface area contributed by atoms with E-state index in [0.29, 0.717) is 5.56 Å². The average molecular weight is 218 g/mol. The van der Waals surface area contributed by atoms with Crippen molar-refractivity contribution in [3.63, 3.8) is 0 Å². The van der Waals surface area contributed by atoms with Gasteiger partial charge in [-0.1, -0.05) is 43.3 Å². The molecule has 0 saturated heterocycles. The van der Waals surface area contributed by atoms with Crippen molar-refractivity contribution in [2.24, 2.45) is 0 Å². The summed E-state index contributed by atoms with van der Waals surface area (Å²) in [4.78, 5) is 22.6. The minimum atomic E-state index is -0.480. The first-order valence-corrected chi connectivity index (χ1v) is 5.15. The Morgan fingerprint density at radius 1 is 1.25 bits per heavy atom. The number of ketones is 1. The molecule has 0 aliphatic heterocycles. The van der Waals surface area contributed by atoms with Crippen LogP contribution >= 0.6 is 0 Å². The lowest BCUT2D eigenvalue weighted by molar-refractivity contribution is -0.136. The first-order valence-electron chi connectivity index (χ1n) is 5.15. The fraction of sp³-hybridized carbons (Fsp3) is 0.231. The third kappa shape index (κ3) is 4.09. The molecular weight excluding hydrogens is 204 g/mol. The smallest absolute Gasteiger partial charge is 0.330 e. The van der Waals surface area contributed by atoms with Gasteiger partial charge in [-0.2, -0.15) is 0 Å². The molecule has 1 aromatic rings. The highest BCUT2D eigenvalue weighted by Gasteiger charge is 2.06. The molecule has 3 heteroatoms. The maximum Gasteiger partial charge on any atom is 0.330 e. The summed E-state index contributed by atoms with van der Waals surface area (Å²) < 4.78 is 4.79. The topological polar surface area (TPSA) is 43.4 Å². The summed E-state index contributed by atoms with van der Waals surface area (Å²) in [6, 6.07) is 8.75. The molecule has 0 aliphatic rings. The Kier molecular flexibility index (Phi) is 4.99. The molecule has 0 amide bonds. The number of rotatable bonds is 5. The molecule has 1 aromatic carbocycles. The van der Waals surface area contributed by atoms with Crippen molar-refractivity contribution in [2.45, 2.75) is 13.3 Å². The molecule has 3 nitrogen and oxygen atoms in total. The predicted molar refractivity (Wildman–Crippen MR) is 61.2 cm³/mol. The van der Waals surface area contributed by atoms with Gasteiger partial charge in [-0.3, -0.25) is 4.79 Å². The van der Waals surface area contributed by atoms with Crippen molar-refractivity contribution >= 4 is 11.8 Å². The zero-order chi connectivity index (χ0) is 11.8. The summed E-state index contributed by atoms with van der Waals surface area (Å²) in [5.74, 6) is -0.676. The third-order valence-electron chi connectivity index (χ3n) is 1.93. The Balaban J connectivity index is 2.42. The monoisotopic (exact) mass is 218 g/mol. The van der Waals surface area contributed by atoms with E-state index in [1.165, 1.54) is 6.08 Å². The maximum absolute atomic E-state index is 11.5. The molecule has 0 radical (unpaired) electrons. The zero-order valence-corrected chi connectivity index (χ0v) is 9.18. The van der Waals surface area contributed by atoms with Crippen LogP contribution in [0.25, 0.3) is 0 Å². The first kappa shape index (κ1) is 12.2. The lowest BCUT2D eigenvalue weighted by atomic mass is 10.1. The van der Waals surface area contributed by atoms with Gasteiger partial charge in [0.25, 0.3) is 0 Å². The normalized spacial score (nSPS) is 10.3. The highest BCUT2D eigenvalue weighted by molar-refractivity contribution is 5.98. The predicted octanol–water partition coefficient (Wildman–Crippen LogP) is 2.38. The molecule has 1 rings (SSSR count). The van der Waals surface area contributed by atoms with Crippen molar-refractivity contribution in [3.05, 3.63) is 48.0 Å². The number of allylic oxidation sites excluding steroid dienone is 1. The van der Waals surface area contributed by atoms with Crippen molar-refractivity contribution in [2.75, 3.05) is 6.61 Å². The maximum atomic E-state index is 11.5. The SMILES string of the molecule is CC/C=C/C(=O)OCC(=O)c1ccccc1. The fourth-order valence-corrected chi connectivity index (χ4v) is 1.11. The fourth-order valence-electron chi connectivity index (χ4n) is 1.11. The summed E-state index contributed by atoms with van der Waals surface area (Å²) >= 11 is 0. The van der Waals surface area contributed by atoms with E-state index < -0.39 is 5.97 Å². The van der Waals surface area contributed by atoms with Crippen molar-refractivity contribution in [1.82, 2.24) is 0 Å². The van der Waals surface area contributed by atoms with Crippen LogP contribution in [0.1, 0.15) is 23.7 Å². The number of benzene rings is 1. The molecule has 84 valence electrons. The molecule has 16 heavy (non-hydrogen) atoms. The van der Waals surface area contributed by atoms with E-state index in [1.54, 1.807) is 30.3 Å². The summed E-state index contributed by atoms with van der Waals surface area (Å²) in [6.45, 7) is 1.70. The highest BCUT2D eigenvalue weighted by atomic mass is 16.5. The summed E-state index contributed by atoms with van der Waals surface area (Å²) in [7, 11) is 0. The third-order valence-corrected chi connectivity index (χ3v) is 1.93. The molecule has 0 fully saturated rings. The van der Waals surface area contributed by atoms with Crippen molar-refractivity contribution < 1.29 is 14.3 Å². The average Bonchev–Trinajstić information content (AvgIpc) is 2.34. The molecule has 0 aromatic heterocycles. The van der Waals surface area contributed by atoms with Crippen LogP contribution in [0, 0.1) is 0 Å². The Hall–Kier alpha value is -1.90. The van der Waals surface area contributed by atoms with Crippen LogP contribution in [0.15, 0.2) is 42.5 Å². The number of hydrogen-bond donors (Lipinski definition) is 0. The number of esters is 1. The van der Waals surface area contributed by atoms with E-state index in [2.05, 4.69) is 0 Å². The standard InChI is InChI=1S/C13H14O3/c1-2-3-9-13(15)16-10-12(14)11-7-5-4-6-8-11/h3-9H,2,10H2,1H3/b9-3+. The molecule has 0 aliphatic carbocycles. The van der Waals surface area contributed by atoms with Gasteiger partial charge in [0, 0.05) is 11.6 Å². The molecule has 0 spiro atoms. The highest BCUT2D eigenvalue weighted by Crippen LogP contribution is 2.00. The van der Waals surface area contributed by atoms with E-state index in [4.69, 9.17) is 4.74 Å². The Morgan fingerprint density at radius 3 is 2.56 bits per heavy atom. The number of carbonyl (C=O) groups excluding carboxylic acids is 2. The van der Waals surface area contributed by atoms with Crippen LogP contribution in [-0.2, 0) is 9.53 Å². The lowest BCUT2D eigenvalue weighted by Gasteiger charge is -2.01. The van der Waals surface area contributed by atoms with Crippen LogP contribution in [0.4, 0.5) is 0 Å². The van der Waals surface area contributed by atoms with Crippen molar-refractivity contribution in [1.29, 1.82) is 0 Å². The number of carbonyl (C=O) groups is 2. The van der Waals surface area contributed by atoms with Crippen molar-refractivity contribution in [3.8, 4) is 0 Å².